The summed E-state index contributed by atoms with van der Waals surface area (Å²) in [4.78, 5) is 37.5. The van der Waals surface area contributed by atoms with E-state index in [-0.39, 0.29) is 41.5 Å². The number of hydrogen-bond donors (Lipinski definition) is 0. The van der Waals surface area contributed by atoms with Crippen LogP contribution in [0.25, 0.3) is 0 Å². The molecule has 8 heteroatoms. The number of esters is 2. The molecule has 0 amide bonds. The van der Waals surface area contributed by atoms with E-state index >= 15 is 0 Å². The van der Waals surface area contributed by atoms with Gasteiger partial charge in [-0.1, -0.05) is 125 Å². The van der Waals surface area contributed by atoms with Crippen molar-refractivity contribution in [3.63, 3.8) is 0 Å². The molecule has 7 nitrogen and oxygen atoms in total. The number of hydrogen-bond acceptors (Lipinski definition) is 8. The van der Waals surface area contributed by atoms with Gasteiger partial charge in [0.25, 0.3) is 0 Å². The smallest absolute Gasteiger partial charge is 0.465 e. The maximum Gasteiger partial charge on any atom is 0.514 e. The van der Waals surface area contributed by atoms with E-state index in [1.807, 2.05) is 53.7 Å². The highest BCUT2D eigenvalue weighted by Crippen LogP contribution is 2.41. The first kappa shape index (κ1) is 41.8. The predicted octanol–water partition coefficient (Wildman–Crippen LogP) is 10.3. The lowest BCUT2D eigenvalue weighted by Gasteiger charge is -2.30. The third kappa shape index (κ3) is 18.8. The minimum Gasteiger partial charge on any atom is -0.465 e. The quantitative estimate of drug-likeness (QED) is 0.0589. The van der Waals surface area contributed by atoms with E-state index in [1.165, 1.54) is 69.5 Å². The van der Waals surface area contributed by atoms with E-state index in [9.17, 15) is 14.4 Å². The van der Waals surface area contributed by atoms with Gasteiger partial charge in [-0.3, -0.25) is 9.59 Å². The second-order valence-corrected chi connectivity index (χ2v) is 16.4. The normalized spacial score (nSPS) is 12.1. The molecular formula is C38H64O7S. The monoisotopic (exact) mass is 664 g/mol. The van der Waals surface area contributed by atoms with Crippen LogP contribution in [0.5, 0.6) is 5.75 Å². The van der Waals surface area contributed by atoms with E-state index < -0.39 is 11.8 Å². The van der Waals surface area contributed by atoms with Gasteiger partial charge in [0.2, 0.25) is 0 Å². The Hall–Kier alpha value is -2.22. The summed E-state index contributed by atoms with van der Waals surface area (Å²) in [5.74, 6) is 0.668. The molecule has 1 aromatic rings. The molecule has 0 N–H and O–H groups in total. The second kappa shape index (κ2) is 20.9. The van der Waals surface area contributed by atoms with Crippen LogP contribution >= 0.6 is 11.8 Å². The zero-order valence-electron chi connectivity index (χ0n) is 30.7. The summed E-state index contributed by atoms with van der Waals surface area (Å²) in [7, 11) is 0. The van der Waals surface area contributed by atoms with Crippen molar-refractivity contribution in [3.8, 4) is 5.75 Å². The van der Waals surface area contributed by atoms with Crippen LogP contribution in [0.4, 0.5) is 4.79 Å². The fourth-order valence-electron chi connectivity index (χ4n) is 4.95. The van der Waals surface area contributed by atoms with Gasteiger partial charge in [0.15, 0.2) is 0 Å². The van der Waals surface area contributed by atoms with E-state index in [2.05, 4.69) is 6.92 Å². The molecule has 0 aliphatic heterocycles. The Bertz CT molecular complexity index is 1030. The fourth-order valence-corrected chi connectivity index (χ4v) is 5.55. The first-order valence-electron chi connectivity index (χ1n) is 17.4. The van der Waals surface area contributed by atoms with E-state index in [1.54, 1.807) is 20.8 Å². The van der Waals surface area contributed by atoms with Crippen LogP contribution in [-0.4, -0.2) is 48.4 Å². The number of unbranched alkanes of at least 4 members (excludes halogenated alkanes) is 10. The lowest BCUT2D eigenvalue weighted by molar-refractivity contribution is -0.142. The SMILES string of the molecule is CCCCCCCCCCCCCOC(=O)CSCCOC(=O)Cc1cc(C(C)(C)C)c(OC(=O)OC(C)(C)C)c(C(C)(C)C)c1. The molecule has 0 saturated carbocycles. The summed E-state index contributed by atoms with van der Waals surface area (Å²) in [5.41, 5.74) is 1.00. The highest BCUT2D eigenvalue weighted by atomic mass is 32.2. The van der Waals surface area contributed by atoms with Crippen molar-refractivity contribution in [1.82, 2.24) is 0 Å². The molecule has 46 heavy (non-hydrogen) atoms. The Balaban J connectivity index is 2.49. The van der Waals surface area contributed by atoms with Gasteiger partial charge >= 0.3 is 18.1 Å². The van der Waals surface area contributed by atoms with Crippen molar-refractivity contribution in [2.24, 2.45) is 0 Å². The van der Waals surface area contributed by atoms with Gasteiger partial charge < -0.3 is 18.9 Å². The Morgan fingerprint density at radius 2 is 1.13 bits per heavy atom. The zero-order chi connectivity index (χ0) is 34.8. The number of thioether (sulfide) groups is 1. The molecule has 0 spiro atoms. The Morgan fingerprint density at radius 1 is 0.652 bits per heavy atom. The highest BCUT2D eigenvalue weighted by Gasteiger charge is 2.31. The van der Waals surface area contributed by atoms with Gasteiger partial charge in [0.1, 0.15) is 18.0 Å². The Kier molecular flexibility index (Phi) is 19.0. The largest absolute Gasteiger partial charge is 0.514 e. The average molecular weight is 665 g/mol. The Morgan fingerprint density at radius 3 is 1.61 bits per heavy atom. The standard InChI is InChI=1S/C38H64O7S/c1-11-12-13-14-15-16-17-18-19-20-21-22-42-33(40)28-46-24-23-43-32(39)27-29-25-30(36(2,3)4)34(31(26-29)37(5,6)7)44-35(41)45-38(8,9)10/h25-26H,11-24,27-28H2,1-10H3. The minimum absolute atomic E-state index is 0.0878. The van der Waals surface area contributed by atoms with Crippen LogP contribution < -0.4 is 4.74 Å². The molecule has 0 radical (unpaired) electrons. The molecule has 0 aliphatic rings. The van der Waals surface area contributed by atoms with E-state index in [0.29, 0.717) is 18.1 Å². The fraction of sp³-hybridized carbons (Fsp3) is 0.763. The van der Waals surface area contributed by atoms with Gasteiger partial charge in [-0.15, -0.1) is 11.8 Å². The minimum atomic E-state index is -0.758. The molecule has 1 rings (SSSR count). The van der Waals surface area contributed by atoms with Crippen LogP contribution in [-0.2, 0) is 41.1 Å². The summed E-state index contributed by atoms with van der Waals surface area (Å²) < 4.78 is 22.1. The zero-order valence-corrected chi connectivity index (χ0v) is 31.6. The van der Waals surface area contributed by atoms with Gasteiger partial charge in [-0.25, -0.2) is 4.79 Å². The van der Waals surface area contributed by atoms with Crippen LogP contribution in [0.2, 0.25) is 0 Å². The molecule has 264 valence electrons. The summed E-state index contributed by atoms with van der Waals surface area (Å²) in [5, 5.41) is 0. The maximum absolute atomic E-state index is 12.8. The van der Waals surface area contributed by atoms with Crippen molar-refractivity contribution in [2.45, 2.75) is 163 Å². The number of rotatable bonds is 20. The molecule has 0 aromatic heterocycles. The summed E-state index contributed by atoms with van der Waals surface area (Å²) in [6, 6.07) is 3.83. The predicted molar refractivity (Wildman–Crippen MR) is 190 cm³/mol. The average Bonchev–Trinajstić information content (AvgIpc) is 2.91. The van der Waals surface area contributed by atoms with Crippen molar-refractivity contribution in [3.05, 3.63) is 28.8 Å². The summed E-state index contributed by atoms with van der Waals surface area (Å²) in [6.45, 7) is 20.6. The Labute approximate surface area is 284 Å². The first-order chi connectivity index (χ1) is 21.4. The van der Waals surface area contributed by atoms with Crippen molar-refractivity contribution < 1.29 is 33.3 Å². The second-order valence-electron chi connectivity index (χ2n) is 15.3. The molecule has 0 fully saturated rings. The van der Waals surface area contributed by atoms with Crippen molar-refractivity contribution in [1.29, 1.82) is 0 Å². The molecule has 1 aromatic carbocycles. The van der Waals surface area contributed by atoms with Crippen LogP contribution in [0.1, 0.15) is 157 Å². The van der Waals surface area contributed by atoms with E-state index in [4.69, 9.17) is 18.9 Å². The van der Waals surface area contributed by atoms with Crippen LogP contribution in [0, 0.1) is 0 Å². The topological polar surface area (TPSA) is 88.1 Å². The van der Waals surface area contributed by atoms with Crippen LogP contribution in [0.15, 0.2) is 12.1 Å². The molecule has 0 atom stereocenters. The van der Waals surface area contributed by atoms with E-state index in [0.717, 1.165) is 29.5 Å². The summed E-state index contributed by atoms with van der Waals surface area (Å²) in [6.07, 6.45) is 13.2. The number of carbonyl (C=O) groups excluding carboxylic acids is 3. The maximum atomic E-state index is 12.8. The van der Waals surface area contributed by atoms with Gasteiger partial charge in [0.05, 0.1) is 18.8 Å². The lowest BCUT2D eigenvalue weighted by Crippen LogP contribution is -2.28. The van der Waals surface area contributed by atoms with Crippen LogP contribution in [0.3, 0.4) is 0 Å². The number of carbonyl (C=O) groups is 3. The third-order valence-corrected chi connectivity index (χ3v) is 8.30. The summed E-state index contributed by atoms with van der Waals surface area (Å²) >= 11 is 1.40. The number of benzene rings is 1. The third-order valence-electron chi connectivity index (χ3n) is 7.41. The van der Waals surface area contributed by atoms with Crippen molar-refractivity contribution in [2.75, 3.05) is 24.7 Å². The van der Waals surface area contributed by atoms with Gasteiger partial charge in [-0.05, 0) is 43.6 Å². The molecule has 0 heterocycles. The highest BCUT2D eigenvalue weighted by molar-refractivity contribution is 7.99. The molecule has 0 saturated heterocycles. The lowest BCUT2D eigenvalue weighted by atomic mass is 9.78. The van der Waals surface area contributed by atoms with Gasteiger partial charge in [0, 0.05) is 16.9 Å². The van der Waals surface area contributed by atoms with Gasteiger partial charge in [-0.2, -0.15) is 0 Å². The molecular weight excluding hydrogens is 600 g/mol. The molecule has 0 bridgehead atoms. The van der Waals surface area contributed by atoms with Crippen molar-refractivity contribution >= 4 is 29.9 Å². The molecule has 0 aliphatic carbocycles. The first-order valence-corrected chi connectivity index (χ1v) is 18.6. The number of ether oxygens (including phenoxy) is 4. The molecule has 0 unspecified atom stereocenters.